The summed E-state index contributed by atoms with van der Waals surface area (Å²) in [6.45, 7) is 9.95. The Hall–Kier alpha value is -1.14. The van der Waals surface area contributed by atoms with Crippen LogP contribution in [0.4, 0.5) is 0 Å². The number of nitrogens with zero attached hydrogens (tertiary/aromatic N) is 2. The summed E-state index contributed by atoms with van der Waals surface area (Å²) >= 11 is 0. The molecule has 0 bridgehead atoms. The Bertz CT molecular complexity index is 315. The van der Waals surface area contributed by atoms with E-state index in [0.29, 0.717) is 19.6 Å². The second kappa shape index (κ2) is 10.6. The molecule has 0 aromatic carbocycles. The highest BCUT2D eigenvalue weighted by Crippen LogP contribution is 2.03. The number of amides is 1. The Morgan fingerprint density at radius 3 is 2.38 bits per heavy atom. The minimum Gasteiger partial charge on any atom is -0.466 e. The number of carbonyl (C=O) groups is 2. The van der Waals surface area contributed by atoms with Gasteiger partial charge in [0.1, 0.15) is 0 Å². The standard InChI is InChI=1S/C15H29N3O3/c1-3-5-7-16-14(19)13-18-11-9-17(10-12-18)8-6-15(20)21-4-2/h3-13H2,1-2H3,(H,16,19). The van der Waals surface area contributed by atoms with Crippen molar-refractivity contribution in [3.63, 3.8) is 0 Å². The Kier molecular flexibility index (Phi) is 9.01. The maximum atomic E-state index is 11.7. The minimum absolute atomic E-state index is 0.114. The van der Waals surface area contributed by atoms with E-state index in [1.807, 2.05) is 6.92 Å². The lowest BCUT2D eigenvalue weighted by molar-refractivity contribution is -0.143. The zero-order valence-corrected chi connectivity index (χ0v) is 13.4. The van der Waals surface area contributed by atoms with Crippen LogP contribution in [0.15, 0.2) is 0 Å². The first-order valence-corrected chi connectivity index (χ1v) is 8.02. The van der Waals surface area contributed by atoms with Gasteiger partial charge in [-0.2, -0.15) is 0 Å². The van der Waals surface area contributed by atoms with Crippen LogP contribution in [0.2, 0.25) is 0 Å². The first-order chi connectivity index (χ1) is 10.2. The van der Waals surface area contributed by atoms with Crippen molar-refractivity contribution < 1.29 is 14.3 Å². The molecule has 0 saturated carbocycles. The van der Waals surface area contributed by atoms with E-state index in [2.05, 4.69) is 22.0 Å². The van der Waals surface area contributed by atoms with Crippen molar-refractivity contribution in [3.8, 4) is 0 Å². The molecule has 1 fully saturated rings. The molecule has 1 aliphatic rings. The van der Waals surface area contributed by atoms with E-state index in [4.69, 9.17) is 4.74 Å². The molecule has 0 aromatic heterocycles. The van der Waals surface area contributed by atoms with E-state index in [9.17, 15) is 9.59 Å². The second-order valence-electron chi connectivity index (χ2n) is 5.38. The molecule has 1 heterocycles. The van der Waals surface area contributed by atoms with E-state index in [1.54, 1.807) is 0 Å². The topological polar surface area (TPSA) is 61.9 Å². The van der Waals surface area contributed by atoms with Gasteiger partial charge < -0.3 is 15.0 Å². The molecule has 0 atom stereocenters. The van der Waals surface area contributed by atoms with E-state index in [0.717, 1.165) is 52.1 Å². The van der Waals surface area contributed by atoms with E-state index >= 15 is 0 Å². The molecular weight excluding hydrogens is 270 g/mol. The summed E-state index contributed by atoms with van der Waals surface area (Å²) in [5.74, 6) is -0.0151. The molecule has 6 nitrogen and oxygen atoms in total. The third-order valence-corrected chi connectivity index (χ3v) is 3.62. The molecular formula is C15H29N3O3. The fourth-order valence-electron chi connectivity index (χ4n) is 2.32. The summed E-state index contributed by atoms with van der Waals surface area (Å²) in [6, 6.07) is 0. The summed E-state index contributed by atoms with van der Waals surface area (Å²) in [6.07, 6.45) is 2.58. The van der Waals surface area contributed by atoms with Crippen molar-refractivity contribution in [2.24, 2.45) is 0 Å². The normalized spacial score (nSPS) is 16.7. The lowest BCUT2D eigenvalue weighted by Crippen LogP contribution is -2.49. The van der Waals surface area contributed by atoms with Gasteiger partial charge in [0.05, 0.1) is 19.6 Å². The number of unbranched alkanes of at least 4 members (excludes halogenated alkanes) is 1. The Morgan fingerprint density at radius 1 is 1.10 bits per heavy atom. The molecule has 1 aliphatic heterocycles. The van der Waals surface area contributed by atoms with Gasteiger partial charge in [-0.05, 0) is 13.3 Å². The van der Waals surface area contributed by atoms with E-state index in [1.165, 1.54) is 0 Å². The fraction of sp³-hybridized carbons (Fsp3) is 0.867. The third-order valence-electron chi connectivity index (χ3n) is 3.62. The predicted octanol–water partition coefficient (Wildman–Crippen LogP) is 0.474. The summed E-state index contributed by atoms with van der Waals surface area (Å²) in [5, 5.41) is 2.94. The summed E-state index contributed by atoms with van der Waals surface area (Å²) in [4.78, 5) is 27.5. The van der Waals surface area contributed by atoms with Crippen LogP contribution in [0, 0.1) is 0 Å². The van der Waals surface area contributed by atoms with E-state index in [-0.39, 0.29) is 11.9 Å². The lowest BCUT2D eigenvalue weighted by atomic mass is 10.3. The molecule has 0 radical (unpaired) electrons. The number of esters is 1. The molecule has 1 rings (SSSR count). The van der Waals surface area contributed by atoms with Gasteiger partial charge in [-0.1, -0.05) is 13.3 Å². The highest BCUT2D eigenvalue weighted by Gasteiger charge is 2.19. The molecule has 1 saturated heterocycles. The molecule has 0 unspecified atom stereocenters. The summed E-state index contributed by atoms with van der Waals surface area (Å²) < 4.78 is 4.92. The number of piperazine rings is 1. The molecule has 1 N–H and O–H groups in total. The van der Waals surface area contributed by atoms with Crippen LogP contribution in [0.3, 0.4) is 0 Å². The molecule has 0 aromatic rings. The first-order valence-electron chi connectivity index (χ1n) is 8.02. The monoisotopic (exact) mass is 299 g/mol. The SMILES string of the molecule is CCCCNC(=O)CN1CCN(CCC(=O)OCC)CC1. The predicted molar refractivity (Wildman–Crippen MR) is 82.0 cm³/mol. The van der Waals surface area contributed by atoms with Crippen LogP contribution in [-0.2, 0) is 14.3 Å². The maximum Gasteiger partial charge on any atom is 0.307 e. The van der Waals surface area contributed by atoms with Gasteiger partial charge >= 0.3 is 5.97 Å². The molecule has 21 heavy (non-hydrogen) atoms. The van der Waals surface area contributed by atoms with Crippen molar-refractivity contribution in [1.82, 2.24) is 15.1 Å². The Morgan fingerprint density at radius 2 is 1.76 bits per heavy atom. The van der Waals surface area contributed by atoms with Gasteiger partial charge in [0, 0.05) is 39.3 Å². The van der Waals surface area contributed by atoms with Crippen LogP contribution in [0.1, 0.15) is 33.1 Å². The van der Waals surface area contributed by atoms with Crippen LogP contribution >= 0.6 is 0 Å². The number of hydrogen-bond acceptors (Lipinski definition) is 5. The van der Waals surface area contributed by atoms with Crippen LogP contribution < -0.4 is 5.32 Å². The van der Waals surface area contributed by atoms with Gasteiger partial charge in [-0.25, -0.2) is 0 Å². The van der Waals surface area contributed by atoms with Gasteiger partial charge in [0.15, 0.2) is 0 Å². The van der Waals surface area contributed by atoms with Gasteiger partial charge in [0.2, 0.25) is 5.91 Å². The average molecular weight is 299 g/mol. The molecule has 6 heteroatoms. The Labute approximate surface area is 127 Å². The smallest absolute Gasteiger partial charge is 0.307 e. The summed E-state index contributed by atoms with van der Waals surface area (Å²) in [7, 11) is 0. The van der Waals surface area contributed by atoms with Crippen molar-refractivity contribution in [2.45, 2.75) is 33.1 Å². The summed E-state index contributed by atoms with van der Waals surface area (Å²) in [5.41, 5.74) is 0. The fourth-order valence-corrected chi connectivity index (χ4v) is 2.32. The molecule has 0 spiro atoms. The molecule has 1 amide bonds. The largest absolute Gasteiger partial charge is 0.466 e. The van der Waals surface area contributed by atoms with Crippen molar-refractivity contribution in [3.05, 3.63) is 0 Å². The number of ether oxygens (including phenoxy) is 1. The van der Waals surface area contributed by atoms with E-state index < -0.39 is 0 Å². The number of hydrogen-bond donors (Lipinski definition) is 1. The van der Waals surface area contributed by atoms with Crippen molar-refractivity contribution >= 4 is 11.9 Å². The highest BCUT2D eigenvalue weighted by atomic mass is 16.5. The quantitative estimate of drug-likeness (QED) is 0.495. The first kappa shape index (κ1) is 17.9. The van der Waals surface area contributed by atoms with Gasteiger partial charge in [0.25, 0.3) is 0 Å². The second-order valence-corrected chi connectivity index (χ2v) is 5.38. The zero-order valence-electron chi connectivity index (χ0n) is 13.4. The lowest BCUT2D eigenvalue weighted by Gasteiger charge is -2.34. The van der Waals surface area contributed by atoms with Gasteiger partial charge in [-0.3, -0.25) is 14.5 Å². The van der Waals surface area contributed by atoms with Crippen LogP contribution in [0.5, 0.6) is 0 Å². The minimum atomic E-state index is -0.129. The van der Waals surface area contributed by atoms with Crippen LogP contribution in [0.25, 0.3) is 0 Å². The van der Waals surface area contributed by atoms with Gasteiger partial charge in [-0.15, -0.1) is 0 Å². The highest BCUT2D eigenvalue weighted by molar-refractivity contribution is 5.77. The molecule has 122 valence electrons. The number of carbonyl (C=O) groups excluding carboxylic acids is 2. The zero-order chi connectivity index (χ0) is 15.5. The number of nitrogens with one attached hydrogen (secondary N) is 1. The van der Waals surface area contributed by atoms with Crippen LogP contribution in [-0.4, -0.2) is 74.1 Å². The third kappa shape index (κ3) is 8.02. The molecule has 0 aliphatic carbocycles. The van der Waals surface area contributed by atoms with Crippen molar-refractivity contribution in [2.75, 3.05) is 52.4 Å². The average Bonchev–Trinajstić information content (AvgIpc) is 2.47. The Balaban J connectivity index is 2.11. The number of rotatable bonds is 9. The maximum absolute atomic E-state index is 11.7. The van der Waals surface area contributed by atoms with Crippen molar-refractivity contribution in [1.29, 1.82) is 0 Å².